The normalized spacial score (nSPS) is 13.3. The lowest BCUT2D eigenvalue weighted by Crippen LogP contribution is -2.08. The number of halogens is 2. The summed E-state index contributed by atoms with van der Waals surface area (Å²) < 4.78 is 27.5. The number of hydrogen-bond donors (Lipinski definition) is 0. The zero-order valence-electron chi connectivity index (χ0n) is 3.66. The third kappa shape index (κ3) is 1.63. The van der Waals surface area contributed by atoms with E-state index in [4.69, 9.17) is 7.10 Å². The Kier molecular flexibility index (Phi) is 0.991. The zero-order valence-corrected chi connectivity index (χ0v) is 2.66. The second-order valence-corrected chi connectivity index (χ2v) is 0.590. The molecule has 0 aromatic rings. The highest BCUT2D eigenvalue weighted by Gasteiger charge is 2.08. The monoisotopic (exact) mass is 95.0 g/mol. The van der Waals surface area contributed by atoms with Crippen LogP contribution >= 0.6 is 0 Å². The maximum atomic E-state index is 11.0. The molecule has 0 aliphatic carbocycles. The van der Waals surface area contributed by atoms with Gasteiger partial charge in [-0.1, -0.05) is 0 Å². The molecule has 1 amide bonds. The number of carbonyl (C=O) groups is 1. The van der Waals surface area contributed by atoms with Gasteiger partial charge in [-0.05, 0) is 0 Å². The molecule has 0 heterocycles. The molecule has 0 aromatic heterocycles. The molecular weight excluding hydrogens is 92.0 g/mol. The molecule has 0 spiro atoms. The first-order valence-corrected chi connectivity index (χ1v) is 1.08. The number of carbonyl (C=O) groups excluding carboxylic acids is 1. The van der Waals surface area contributed by atoms with Crippen molar-refractivity contribution in [2.24, 2.45) is 0 Å². The highest BCUT2D eigenvalue weighted by Crippen LogP contribution is 1.87. The van der Waals surface area contributed by atoms with E-state index in [9.17, 15) is 13.6 Å². The Balaban J connectivity index is 3.79. The lowest BCUT2D eigenvalue weighted by molar-refractivity contribution is -0.129. The summed E-state index contributed by atoms with van der Waals surface area (Å²) in [6.45, 7) is 0. The average Bonchev–Trinajstić information content (AvgIpc) is 1.31. The summed E-state index contributed by atoms with van der Waals surface area (Å²) >= 11 is 0. The molecule has 0 bridgehead atoms. The van der Waals surface area contributed by atoms with E-state index >= 15 is 0 Å². The molecule has 0 saturated carbocycles. The molecule has 4 heteroatoms. The largest absolute Gasteiger partial charge is 0.317 e. The van der Waals surface area contributed by atoms with Gasteiger partial charge in [0.1, 0.15) is 1.37 Å². The van der Waals surface area contributed by atoms with Crippen molar-refractivity contribution in [3.8, 4) is 0 Å². The van der Waals surface area contributed by atoms with E-state index in [1.54, 1.807) is 0 Å². The van der Waals surface area contributed by atoms with Crippen LogP contribution in [0.3, 0.4) is 0 Å². The third-order valence-electron chi connectivity index (χ3n) is 0.172. The lowest BCUT2D eigenvalue weighted by atomic mass is 10.7. The fourth-order valence-corrected chi connectivity index (χ4v) is 0. The fourth-order valence-electron chi connectivity index (χ4n) is 0. The van der Waals surface area contributed by atoms with E-state index < -0.39 is 12.3 Å². The van der Waals surface area contributed by atoms with Gasteiger partial charge >= 0.3 is 12.3 Å². The predicted octanol–water partition coefficient (Wildman–Crippen LogP) is 0.0610. The van der Waals surface area contributed by atoms with Crippen molar-refractivity contribution in [3.63, 3.8) is 0 Å². The van der Waals surface area contributed by atoms with Gasteiger partial charge in [0, 0.05) is 0 Å². The molecule has 1 radical (unpaired) electrons. The van der Waals surface area contributed by atoms with Gasteiger partial charge in [-0.15, -0.1) is 0 Å². The van der Waals surface area contributed by atoms with Crippen LogP contribution in [-0.4, -0.2) is 12.3 Å². The van der Waals surface area contributed by atoms with Crippen molar-refractivity contribution in [1.29, 1.82) is 0 Å². The molecule has 0 atom stereocenters. The van der Waals surface area contributed by atoms with Crippen LogP contribution in [0.5, 0.6) is 0 Å². The third-order valence-corrected chi connectivity index (χ3v) is 0.172. The van der Waals surface area contributed by atoms with Gasteiger partial charge in [-0.25, -0.2) is 0 Å². The molecule has 2 nitrogen and oxygen atoms in total. The van der Waals surface area contributed by atoms with Crippen LogP contribution in [0.15, 0.2) is 0 Å². The van der Waals surface area contributed by atoms with Crippen LogP contribution < -0.4 is 5.73 Å². The van der Waals surface area contributed by atoms with Gasteiger partial charge in [0.05, 0.1) is 0 Å². The van der Waals surface area contributed by atoms with Crippen molar-refractivity contribution >= 4 is 5.91 Å². The van der Waals surface area contributed by atoms with E-state index in [1.165, 1.54) is 0 Å². The minimum atomic E-state index is -4.22. The van der Waals surface area contributed by atoms with E-state index in [0.717, 1.165) is 0 Å². The smallest absolute Gasteiger partial charge is 0.267 e. The van der Waals surface area contributed by atoms with E-state index in [0.29, 0.717) is 0 Å². The highest BCUT2D eigenvalue weighted by atomic mass is 19.3. The van der Waals surface area contributed by atoms with Crippen molar-refractivity contribution in [2.45, 2.75) is 6.40 Å². The molecule has 0 aromatic carbocycles. The summed E-state index contributed by atoms with van der Waals surface area (Å²) in [6.07, 6.45) is -4.22. The Morgan fingerprint density at radius 1 is 2.00 bits per heavy atom. The van der Waals surface area contributed by atoms with E-state index in [-0.39, 0.29) is 0 Å². The summed E-state index contributed by atoms with van der Waals surface area (Å²) in [5.74, 6) is -2.17. The molecule has 0 unspecified atom stereocenters. The number of hydrogen-bond acceptors (Lipinski definition) is 1. The van der Waals surface area contributed by atoms with Gasteiger partial charge in [0.25, 0.3) is 0 Å². The molecule has 0 saturated heterocycles. The maximum absolute atomic E-state index is 11.0. The van der Waals surface area contributed by atoms with Gasteiger partial charge in [0.2, 0.25) is 0 Å². The van der Waals surface area contributed by atoms with Crippen LogP contribution in [0, 0.1) is 0 Å². The van der Waals surface area contributed by atoms with Gasteiger partial charge < -0.3 is 0 Å². The molecule has 0 rings (SSSR count). The molecule has 0 aliphatic heterocycles. The molecule has 35 valence electrons. The Bertz CT molecular complexity index is 88.2. The summed E-state index contributed by atoms with van der Waals surface area (Å²) in [5, 5.41) is 0. The Labute approximate surface area is 34.3 Å². The Hall–Kier alpha value is -0.670. The SMILES string of the molecule is [2H]C(F)(F)C([NH])=O. The van der Waals surface area contributed by atoms with Crippen LogP contribution in [0.1, 0.15) is 1.37 Å². The second kappa shape index (κ2) is 1.69. The topological polar surface area (TPSA) is 40.9 Å². The number of nitrogens with one attached hydrogen (secondary N) is 1. The molecule has 6 heavy (non-hydrogen) atoms. The minimum Gasteiger partial charge on any atom is -0.267 e. The quantitative estimate of drug-likeness (QED) is 0.454. The van der Waals surface area contributed by atoms with Gasteiger partial charge in [-0.3, -0.25) is 10.5 Å². The zero-order chi connectivity index (χ0) is 6.08. The summed E-state index contributed by atoms with van der Waals surface area (Å²) in [5.41, 5.74) is 5.65. The molecular formula is C2H2F2NO. The van der Waals surface area contributed by atoms with Crippen LogP contribution in [0.25, 0.3) is 0 Å². The van der Waals surface area contributed by atoms with E-state index in [1.807, 2.05) is 0 Å². The number of alkyl halides is 2. The lowest BCUT2D eigenvalue weighted by Gasteiger charge is -1.81. The highest BCUT2D eigenvalue weighted by molar-refractivity contribution is 5.76. The summed E-state index contributed by atoms with van der Waals surface area (Å²) in [7, 11) is 0. The van der Waals surface area contributed by atoms with E-state index in [2.05, 4.69) is 0 Å². The molecule has 0 aliphatic rings. The standard InChI is InChI=1S/C2H2F2NO/c3-1(4)2(5)6/h1,5H/i1D. The van der Waals surface area contributed by atoms with Crippen LogP contribution in [0.2, 0.25) is 0 Å². The molecule has 1 N–H and O–H groups in total. The fraction of sp³-hybridized carbons (Fsp3) is 0.500. The number of rotatable bonds is 1. The molecule has 0 fully saturated rings. The Morgan fingerprint density at radius 3 is 2.17 bits per heavy atom. The Morgan fingerprint density at radius 2 is 2.17 bits per heavy atom. The summed E-state index contributed by atoms with van der Waals surface area (Å²) in [6, 6.07) is 0. The van der Waals surface area contributed by atoms with Crippen molar-refractivity contribution in [3.05, 3.63) is 0 Å². The first-order chi connectivity index (χ1) is 2.94. The van der Waals surface area contributed by atoms with Gasteiger partial charge in [-0.2, -0.15) is 8.78 Å². The van der Waals surface area contributed by atoms with Crippen molar-refractivity contribution < 1.29 is 14.9 Å². The van der Waals surface area contributed by atoms with Crippen molar-refractivity contribution in [1.82, 2.24) is 5.73 Å². The van der Waals surface area contributed by atoms with Crippen LogP contribution in [0.4, 0.5) is 8.78 Å². The second-order valence-electron chi connectivity index (χ2n) is 0.590. The van der Waals surface area contributed by atoms with Crippen molar-refractivity contribution in [2.75, 3.05) is 0 Å². The first kappa shape index (κ1) is 3.52. The summed E-state index contributed by atoms with van der Waals surface area (Å²) in [4.78, 5) is 9.19. The number of amides is 1. The first-order valence-electron chi connectivity index (χ1n) is 1.58. The average molecular weight is 95.0 g/mol. The predicted molar refractivity (Wildman–Crippen MR) is 14.1 cm³/mol. The minimum absolute atomic E-state index is 2.17. The maximum Gasteiger partial charge on any atom is 0.317 e. The van der Waals surface area contributed by atoms with Gasteiger partial charge in [0.15, 0.2) is 0 Å². The van der Waals surface area contributed by atoms with Crippen LogP contribution in [-0.2, 0) is 4.79 Å².